The van der Waals surface area contributed by atoms with Crippen molar-refractivity contribution in [2.24, 2.45) is 0 Å². The second kappa shape index (κ2) is 5.41. The van der Waals surface area contributed by atoms with Gasteiger partial charge in [-0.15, -0.1) is 0 Å². The number of para-hydroxylation sites is 1. The molecule has 4 nitrogen and oxygen atoms in total. The third-order valence-electron chi connectivity index (χ3n) is 2.67. The van der Waals surface area contributed by atoms with Crippen molar-refractivity contribution in [2.75, 3.05) is 4.72 Å². The number of phenols is 1. The largest absolute Gasteiger partial charge is 0.506 e. The summed E-state index contributed by atoms with van der Waals surface area (Å²) >= 11 is 3.06. The van der Waals surface area contributed by atoms with Crippen LogP contribution in [0.1, 0.15) is 5.56 Å². The Bertz CT molecular complexity index is 742. The number of benzene rings is 2. The lowest BCUT2D eigenvalue weighted by Gasteiger charge is -2.12. The normalized spacial score (nSPS) is 11.3. The number of sulfonamides is 1. The van der Waals surface area contributed by atoms with Crippen molar-refractivity contribution in [1.29, 1.82) is 0 Å². The van der Waals surface area contributed by atoms with Crippen molar-refractivity contribution in [3.05, 3.63) is 52.3 Å². The predicted molar refractivity (Wildman–Crippen MR) is 77.8 cm³/mol. The van der Waals surface area contributed by atoms with E-state index in [9.17, 15) is 17.9 Å². The molecule has 0 heterocycles. The summed E-state index contributed by atoms with van der Waals surface area (Å²) in [7, 11) is -4.11. The molecule has 2 aromatic rings. The molecule has 0 amide bonds. The van der Waals surface area contributed by atoms with Gasteiger partial charge in [0.25, 0.3) is 10.0 Å². The summed E-state index contributed by atoms with van der Waals surface area (Å²) in [5, 5.41) is 9.69. The van der Waals surface area contributed by atoms with Crippen LogP contribution in [0.3, 0.4) is 0 Å². The minimum atomic E-state index is -4.11. The van der Waals surface area contributed by atoms with Crippen molar-refractivity contribution in [3.63, 3.8) is 0 Å². The highest BCUT2D eigenvalue weighted by molar-refractivity contribution is 9.10. The van der Waals surface area contributed by atoms with Gasteiger partial charge in [-0.2, -0.15) is 0 Å². The van der Waals surface area contributed by atoms with Crippen LogP contribution in [-0.2, 0) is 10.0 Å². The van der Waals surface area contributed by atoms with Crippen LogP contribution >= 0.6 is 15.9 Å². The quantitative estimate of drug-likeness (QED) is 0.825. The third-order valence-corrected chi connectivity index (χ3v) is 4.55. The van der Waals surface area contributed by atoms with Gasteiger partial charge < -0.3 is 5.11 Å². The highest BCUT2D eigenvalue weighted by atomic mass is 79.9. The zero-order valence-electron chi connectivity index (χ0n) is 10.4. The Morgan fingerprint density at radius 2 is 1.95 bits per heavy atom. The number of aryl methyl sites for hydroxylation is 1. The molecule has 0 radical (unpaired) electrons. The summed E-state index contributed by atoms with van der Waals surface area (Å²) < 4.78 is 40.7. The summed E-state index contributed by atoms with van der Waals surface area (Å²) in [6, 6.07) is 8.21. The average molecular weight is 360 g/mol. The van der Waals surface area contributed by atoms with Gasteiger partial charge in [0, 0.05) is 4.47 Å². The van der Waals surface area contributed by atoms with Crippen molar-refractivity contribution >= 4 is 31.6 Å². The van der Waals surface area contributed by atoms with E-state index in [0.717, 1.165) is 12.1 Å². The molecule has 7 heteroatoms. The van der Waals surface area contributed by atoms with Gasteiger partial charge >= 0.3 is 0 Å². The third kappa shape index (κ3) is 2.94. The SMILES string of the molecule is Cc1cccc(O)c1NS(=O)(=O)c1ccc(Br)cc1F. The van der Waals surface area contributed by atoms with E-state index in [2.05, 4.69) is 20.7 Å². The molecule has 2 aromatic carbocycles. The van der Waals surface area contributed by atoms with E-state index in [1.807, 2.05) is 0 Å². The Kier molecular flexibility index (Phi) is 4.01. The summed E-state index contributed by atoms with van der Waals surface area (Å²) in [5.41, 5.74) is 0.570. The monoisotopic (exact) mass is 359 g/mol. The zero-order valence-corrected chi connectivity index (χ0v) is 12.8. The fourth-order valence-electron chi connectivity index (χ4n) is 1.67. The van der Waals surface area contributed by atoms with Gasteiger partial charge in [-0.1, -0.05) is 28.1 Å². The Morgan fingerprint density at radius 1 is 1.25 bits per heavy atom. The molecule has 2 N–H and O–H groups in total. The van der Waals surface area contributed by atoms with Gasteiger partial charge in [0.2, 0.25) is 0 Å². The average Bonchev–Trinajstić information content (AvgIpc) is 2.33. The number of hydrogen-bond donors (Lipinski definition) is 2. The van der Waals surface area contributed by atoms with E-state index in [0.29, 0.717) is 10.0 Å². The van der Waals surface area contributed by atoms with Crippen LogP contribution in [0.2, 0.25) is 0 Å². The number of nitrogens with one attached hydrogen (secondary N) is 1. The van der Waals surface area contributed by atoms with Crippen molar-refractivity contribution < 1.29 is 17.9 Å². The lowest BCUT2D eigenvalue weighted by Crippen LogP contribution is -2.15. The second-order valence-corrected chi connectivity index (χ2v) is 6.72. The molecule has 0 spiro atoms. The molecule has 0 saturated heterocycles. The molecular formula is C13H11BrFNO3S. The Morgan fingerprint density at radius 3 is 2.55 bits per heavy atom. The van der Waals surface area contributed by atoms with E-state index >= 15 is 0 Å². The van der Waals surface area contributed by atoms with Crippen molar-refractivity contribution in [1.82, 2.24) is 0 Å². The van der Waals surface area contributed by atoms with Crippen LogP contribution in [0.15, 0.2) is 45.8 Å². The molecule has 0 bridgehead atoms. The Hall–Kier alpha value is -1.60. The predicted octanol–water partition coefficient (Wildman–Crippen LogP) is 3.40. The fourth-order valence-corrected chi connectivity index (χ4v) is 3.21. The maximum atomic E-state index is 13.7. The zero-order chi connectivity index (χ0) is 14.9. The summed E-state index contributed by atoms with van der Waals surface area (Å²) in [6.07, 6.45) is 0. The highest BCUT2D eigenvalue weighted by Gasteiger charge is 2.21. The van der Waals surface area contributed by atoms with Gasteiger partial charge in [0.15, 0.2) is 0 Å². The number of aromatic hydroxyl groups is 1. The number of anilines is 1. The Labute approximate surface area is 124 Å². The van der Waals surface area contributed by atoms with Crippen molar-refractivity contribution in [3.8, 4) is 5.75 Å². The van der Waals surface area contributed by atoms with Crippen LogP contribution in [0.5, 0.6) is 5.75 Å². The summed E-state index contributed by atoms with van der Waals surface area (Å²) in [5.74, 6) is -1.09. The molecule has 0 saturated carbocycles. The molecule has 0 aromatic heterocycles. The van der Waals surface area contributed by atoms with Crippen LogP contribution in [-0.4, -0.2) is 13.5 Å². The van der Waals surface area contributed by atoms with Gasteiger partial charge in [-0.25, -0.2) is 12.8 Å². The number of hydrogen-bond acceptors (Lipinski definition) is 3. The highest BCUT2D eigenvalue weighted by Crippen LogP contribution is 2.30. The topological polar surface area (TPSA) is 66.4 Å². The first-order valence-electron chi connectivity index (χ1n) is 5.58. The summed E-state index contributed by atoms with van der Waals surface area (Å²) in [6.45, 7) is 1.63. The standard InChI is InChI=1S/C13H11BrFNO3S/c1-8-3-2-4-11(17)13(8)16-20(18,19)12-6-5-9(14)7-10(12)15/h2-7,16-17H,1H3. The van der Waals surface area contributed by atoms with E-state index < -0.39 is 20.7 Å². The van der Waals surface area contributed by atoms with E-state index in [4.69, 9.17) is 0 Å². The smallest absolute Gasteiger partial charge is 0.264 e. The molecule has 0 aliphatic carbocycles. The first kappa shape index (κ1) is 14.8. The lowest BCUT2D eigenvalue weighted by atomic mass is 10.2. The number of rotatable bonds is 3. The van der Waals surface area contributed by atoms with Gasteiger partial charge in [0.1, 0.15) is 16.5 Å². The molecule has 0 atom stereocenters. The maximum Gasteiger partial charge on any atom is 0.264 e. The van der Waals surface area contributed by atoms with Crippen LogP contribution in [0, 0.1) is 12.7 Å². The molecular weight excluding hydrogens is 349 g/mol. The van der Waals surface area contributed by atoms with Crippen LogP contribution < -0.4 is 4.72 Å². The molecule has 0 aliphatic rings. The first-order chi connectivity index (χ1) is 9.31. The Balaban J connectivity index is 2.46. The first-order valence-corrected chi connectivity index (χ1v) is 7.85. The molecule has 20 heavy (non-hydrogen) atoms. The van der Waals surface area contributed by atoms with E-state index in [-0.39, 0.29) is 11.4 Å². The van der Waals surface area contributed by atoms with Gasteiger partial charge in [-0.3, -0.25) is 4.72 Å². The molecule has 0 unspecified atom stereocenters. The van der Waals surface area contributed by atoms with Crippen LogP contribution in [0.4, 0.5) is 10.1 Å². The number of halogens is 2. The molecule has 2 rings (SSSR count). The second-order valence-electron chi connectivity index (χ2n) is 4.15. The molecule has 0 fully saturated rings. The minimum absolute atomic E-state index is 0.0369. The maximum absolute atomic E-state index is 13.7. The summed E-state index contributed by atoms with van der Waals surface area (Å²) in [4.78, 5) is -0.483. The number of phenolic OH excluding ortho intramolecular Hbond substituents is 1. The van der Waals surface area contributed by atoms with Gasteiger partial charge in [-0.05, 0) is 36.8 Å². The van der Waals surface area contributed by atoms with E-state index in [1.165, 1.54) is 12.1 Å². The fraction of sp³-hybridized carbons (Fsp3) is 0.0769. The van der Waals surface area contributed by atoms with E-state index in [1.54, 1.807) is 19.1 Å². The molecule has 106 valence electrons. The van der Waals surface area contributed by atoms with Crippen LogP contribution in [0.25, 0.3) is 0 Å². The van der Waals surface area contributed by atoms with Crippen molar-refractivity contribution in [2.45, 2.75) is 11.8 Å². The molecule has 0 aliphatic heterocycles. The lowest BCUT2D eigenvalue weighted by molar-refractivity contribution is 0.477. The minimum Gasteiger partial charge on any atom is -0.506 e. The van der Waals surface area contributed by atoms with Gasteiger partial charge in [0.05, 0.1) is 5.69 Å².